The highest BCUT2D eigenvalue weighted by Gasteiger charge is 2.33. The number of alkyl halides is 3. The van der Waals surface area contributed by atoms with Crippen LogP contribution in [0.4, 0.5) is 18.9 Å². The molecule has 1 amide bonds. The molecule has 10 heteroatoms. The van der Waals surface area contributed by atoms with Crippen LogP contribution in [-0.4, -0.2) is 35.7 Å². The molecular formula is C23H19ClF3N3O3. The zero-order valence-electron chi connectivity index (χ0n) is 17.4. The Morgan fingerprint density at radius 2 is 1.94 bits per heavy atom. The van der Waals surface area contributed by atoms with E-state index in [9.17, 15) is 18.0 Å². The number of carbonyl (C=O) groups excluding carboxylic acids is 1. The fourth-order valence-electron chi connectivity index (χ4n) is 2.68. The Labute approximate surface area is 193 Å². The Morgan fingerprint density at radius 3 is 2.61 bits per heavy atom. The van der Waals surface area contributed by atoms with E-state index < -0.39 is 17.8 Å². The minimum absolute atomic E-state index is 0.00839. The Bertz CT molecular complexity index is 1170. The third kappa shape index (κ3) is 7.00. The van der Waals surface area contributed by atoms with Gasteiger partial charge in [-0.05, 0) is 49.4 Å². The number of amides is 1. The van der Waals surface area contributed by atoms with Crippen LogP contribution >= 0.6 is 11.6 Å². The molecule has 3 rings (SSSR count). The second-order valence-corrected chi connectivity index (χ2v) is 7.05. The first-order valence-corrected chi connectivity index (χ1v) is 10.2. The summed E-state index contributed by atoms with van der Waals surface area (Å²) < 4.78 is 49.6. The first-order valence-electron chi connectivity index (χ1n) is 9.82. The van der Waals surface area contributed by atoms with Gasteiger partial charge in [0, 0.05) is 28.7 Å². The molecule has 0 fully saturated rings. The maximum atomic E-state index is 12.9. The van der Waals surface area contributed by atoms with Gasteiger partial charge < -0.3 is 19.8 Å². The number of nitrogens with one attached hydrogen (secondary N) is 2. The van der Waals surface area contributed by atoms with Crippen molar-refractivity contribution in [1.29, 1.82) is 0 Å². The van der Waals surface area contributed by atoms with E-state index in [0.717, 1.165) is 0 Å². The number of hydrogen-bond donors (Lipinski definition) is 2. The number of hydrogen-bond acceptors (Lipinski definition) is 4. The van der Waals surface area contributed by atoms with Crippen LogP contribution in [-0.2, 0) is 15.7 Å². The molecule has 2 N–H and O–H groups in total. The molecule has 0 radical (unpaired) electrons. The van der Waals surface area contributed by atoms with Gasteiger partial charge in [0.05, 0.1) is 18.5 Å². The van der Waals surface area contributed by atoms with Crippen LogP contribution in [0.3, 0.4) is 0 Å². The first kappa shape index (κ1) is 24.2. The molecule has 0 atom stereocenters. The van der Waals surface area contributed by atoms with Gasteiger partial charge in [-0.15, -0.1) is 0 Å². The second kappa shape index (κ2) is 10.9. The van der Waals surface area contributed by atoms with E-state index in [-0.39, 0.29) is 18.1 Å². The standard InChI is InChI=1S/C23H19ClF3N3O3/c1-2-32-11-12-33-19-9-6-16(22-28-14-20(30-22)23(25,26)27)13-18(19)29-21(31)10-5-15-3-7-17(24)8-4-15/h3-4,6-9,13-14H,2,11-12H2,1H3,(H,28,30)(H,29,31). The van der Waals surface area contributed by atoms with Crippen molar-refractivity contribution in [3.05, 3.63) is 64.9 Å². The fourth-order valence-corrected chi connectivity index (χ4v) is 2.81. The molecule has 2 aromatic carbocycles. The summed E-state index contributed by atoms with van der Waals surface area (Å²) >= 11 is 5.83. The van der Waals surface area contributed by atoms with Crippen molar-refractivity contribution in [2.45, 2.75) is 13.1 Å². The van der Waals surface area contributed by atoms with Crippen molar-refractivity contribution in [3.63, 3.8) is 0 Å². The Kier molecular flexibility index (Phi) is 7.98. The lowest BCUT2D eigenvalue weighted by Crippen LogP contribution is -2.12. The molecule has 1 aromatic heterocycles. The largest absolute Gasteiger partial charge is 0.489 e. The average molecular weight is 478 g/mol. The van der Waals surface area contributed by atoms with Crippen molar-refractivity contribution in [2.75, 3.05) is 25.1 Å². The average Bonchev–Trinajstić information content (AvgIpc) is 3.28. The smallest absolute Gasteiger partial charge is 0.432 e. The van der Waals surface area contributed by atoms with Gasteiger partial charge in [-0.3, -0.25) is 4.79 Å². The van der Waals surface area contributed by atoms with Gasteiger partial charge in [-0.2, -0.15) is 13.2 Å². The molecule has 6 nitrogen and oxygen atoms in total. The summed E-state index contributed by atoms with van der Waals surface area (Å²) in [5.41, 5.74) is 0.161. The number of aromatic amines is 1. The van der Waals surface area contributed by atoms with E-state index >= 15 is 0 Å². The van der Waals surface area contributed by atoms with E-state index in [1.807, 2.05) is 6.92 Å². The maximum absolute atomic E-state index is 12.9. The number of H-pyrrole nitrogens is 1. The van der Waals surface area contributed by atoms with Crippen LogP contribution in [0.2, 0.25) is 5.02 Å². The van der Waals surface area contributed by atoms with Crippen molar-refractivity contribution < 1.29 is 27.4 Å². The van der Waals surface area contributed by atoms with Crippen LogP contribution in [0.5, 0.6) is 5.75 Å². The highest BCUT2D eigenvalue weighted by Crippen LogP contribution is 2.32. The monoisotopic (exact) mass is 477 g/mol. The van der Waals surface area contributed by atoms with Gasteiger partial charge in [0.1, 0.15) is 23.9 Å². The molecule has 0 aliphatic heterocycles. The van der Waals surface area contributed by atoms with E-state index in [1.165, 1.54) is 18.2 Å². The predicted molar refractivity (Wildman–Crippen MR) is 118 cm³/mol. The summed E-state index contributed by atoms with van der Waals surface area (Å²) in [6.45, 7) is 2.91. The predicted octanol–water partition coefficient (Wildman–Crippen LogP) is 5.15. The van der Waals surface area contributed by atoms with E-state index in [1.54, 1.807) is 24.3 Å². The molecule has 0 aliphatic carbocycles. The molecule has 0 bridgehead atoms. The van der Waals surface area contributed by atoms with Gasteiger partial charge in [-0.25, -0.2) is 4.98 Å². The normalized spacial score (nSPS) is 10.9. The number of aromatic nitrogens is 2. The minimum Gasteiger partial charge on any atom is -0.489 e. The topological polar surface area (TPSA) is 76.2 Å². The number of anilines is 1. The molecule has 0 unspecified atom stereocenters. The maximum Gasteiger partial charge on any atom is 0.432 e. The molecule has 1 heterocycles. The van der Waals surface area contributed by atoms with Crippen LogP contribution in [0.1, 0.15) is 18.2 Å². The number of imidazole rings is 1. The number of carbonyl (C=O) groups is 1. The molecular weight excluding hydrogens is 459 g/mol. The molecule has 3 aromatic rings. The highest BCUT2D eigenvalue weighted by molar-refractivity contribution is 6.30. The van der Waals surface area contributed by atoms with Crippen LogP contribution in [0.15, 0.2) is 48.7 Å². The quantitative estimate of drug-likeness (QED) is 0.364. The van der Waals surface area contributed by atoms with E-state index in [0.29, 0.717) is 41.3 Å². The molecule has 33 heavy (non-hydrogen) atoms. The van der Waals surface area contributed by atoms with E-state index in [4.69, 9.17) is 21.1 Å². The van der Waals surface area contributed by atoms with Gasteiger partial charge in [0.2, 0.25) is 0 Å². The van der Waals surface area contributed by atoms with Gasteiger partial charge >= 0.3 is 12.1 Å². The summed E-state index contributed by atoms with van der Waals surface area (Å²) in [6.07, 6.45) is -3.85. The highest BCUT2D eigenvalue weighted by atomic mass is 35.5. The van der Waals surface area contributed by atoms with Crippen LogP contribution in [0.25, 0.3) is 11.4 Å². The molecule has 0 saturated heterocycles. The Hall–Kier alpha value is -3.48. The number of nitrogens with zero attached hydrogens (tertiary/aromatic N) is 1. The van der Waals surface area contributed by atoms with Crippen LogP contribution in [0, 0.1) is 11.8 Å². The SMILES string of the molecule is CCOCCOc1ccc(-c2ncc(C(F)(F)F)[nH]2)cc1NC(=O)C#Cc1ccc(Cl)cc1. The van der Waals surface area contributed by atoms with Crippen molar-refractivity contribution in [1.82, 2.24) is 9.97 Å². The second-order valence-electron chi connectivity index (χ2n) is 6.61. The number of halogens is 4. The summed E-state index contributed by atoms with van der Waals surface area (Å²) in [7, 11) is 0. The Balaban J connectivity index is 1.84. The lowest BCUT2D eigenvalue weighted by Gasteiger charge is -2.13. The molecule has 0 spiro atoms. The summed E-state index contributed by atoms with van der Waals surface area (Å²) in [5, 5.41) is 3.16. The lowest BCUT2D eigenvalue weighted by molar-refractivity contribution is -0.140. The minimum atomic E-state index is -4.55. The number of ether oxygens (including phenoxy) is 2. The third-order valence-electron chi connectivity index (χ3n) is 4.24. The third-order valence-corrected chi connectivity index (χ3v) is 4.49. The lowest BCUT2D eigenvalue weighted by atomic mass is 10.1. The van der Waals surface area contributed by atoms with Crippen LogP contribution < -0.4 is 10.1 Å². The zero-order chi connectivity index (χ0) is 23.8. The van der Waals surface area contributed by atoms with Gasteiger partial charge in [0.15, 0.2) is 0 Å². The first-order chi connectivity index (χ1) is 15.8. The van der Waals surface area contributed by atoms with Crippen molar-refractivity contribution >= 4 is 23.2 Å². The Morgan fingerprint density at radius 1 is 1.18 bits per heavy atom. The van der Waals surface area contributed by atoms with Crippen molar-refractivity contribution in [2.24, 2.45) is 0 Å². The van der Waals surface area contributed by atoms with Gasteiger partial charge in [-0.1, -0.05) is 17.5 Å². The van der Waals surface area contributed by atoms with Crippen molar-refractivity contribution in [3.8, 4) is 29.0 Å². The summed E-state index contributed by atoms with van der Waals surface area (Å²) in [6, 6.07) is 11.1. The summed E-state index contributed by atoms with van der Waals surface area (Å²) in [4.78, 5) is 18.4. The molecule has 172 valence electrons. The van der Waals surface area contributed by atoms with E-state index in [2.05, 4.69) is 27.1 Å². The molecule has 0 saturated carbocycles. The van der Waals surface area contributed by atoms with Gasteiger partial charge in [0.25, 0.3) is 0 Å². The number of benzene rings is 2. The number of rotatable bonds is 7. The summed E-state index contributed by atoms with van der Waals surface area (Å²) in [5.74, 6) is 4.84. The molecule has 0 aliphatic rings. The fraction of sp³-hybridized carbons (Fsp3) is 0.217. The zero-order valence-corrected chi connectivity index (χ0v) is 18.2.